The van der Waals surface area contributed by atoms with E-state index >= 15 is 0 Å². The highest BCUT2D eigenvalue weighted by molar-refractivity contribution is 7.80. The first-order valence-electron chi connectivity index (χ1n) is 5.00. The summed E-state index contributed by atoms with van der Waals surface area (Å²) in [5, 5.41) is 8.43. The monoisotopic (exact) mass is 303 g/mol. The van der Waals surface area contributed by atoms with Crippen LogP contribution in [0.25, 0.3) is 0 Å². The van der Waals surface area contributed by atoms with Crippen molar-refractivity contribution in [3.63, 3.8) is 0 Å². The molecule has 2 atom stereocenters. The third-order valence-electron chi connectivity index (χ3n) is 2.43. The van der Waals surface area contributed by atoms with E-state index in [-0.39, 0.29) is 23.6 Å². The van der Waals surface area contributed by atoms with Crippen LogP contribution in [0.1, 0.15) is 12.8 Å². The molecule has 1 aliphatic rings. The average molecular weight is 304 g/mol. The van der Waals surface area contributed by atoms with Crippen molar-refractivity contribution < 1.29 is 22.3 Å². The summed E-state index contributed by atoms with van der Waals surface area (Å²) in [6.45, 7) is -1.58. The van der Waals surface area contributed by atoms with E-state index in [2.05, 4.69) is 17.0 Å². The average Bonchev–Trinajstić information content (AvgIpc) is 2.25. The molecule has 0 aromatic heterocycles. The molecule has 0 bridgehead atoms. The van der Waals surface area contributed by atoms with E-state index in [1.807, 2.05) is 0 Å². The van der Waals surface area contributed by atoms with E-state index in [9.17, 15) is 17.6 Å². The zero-order valence-corrected chi connectivity index (χ0v) is 10.6. The first kappa shape index (κ1) is 15.4. The summed E-state index contributed by atoms with van der Waals surface area (Å²) in [7, 11) is 0. The van der Waals surface area contributed by atoms with Gasteiger partial charge in [-0.1, -0.05) is 23.8 Å². The van der Waals surface area contributed by atoms with Gasteiger partial charge in [-0.05, 0) is 12.8 Å². The Morgan fingerprint density at radius 3 is 2.61 bits per heavy atom. The maximum absolute atomic E-state index is 13.6. The van der Waals surface area contributed by atoms with Crippen LogP contribution in [0.5, 0.6) is 0 Å². The van der Waals surface area contributed by atoms with Crippen LogP contribution in [0.2, 0.25) is 0 Å². The van der Waals surface area contributed by atoms with E-state index in [4.69, 9.17) is 17.0 Å². The molecule has 18 heavy (non-hydrogen) atoms. The molecule has 2 unspecified atom stereocenters. The van der Waals surface area contributed by atoms with E-state index in [0.717, 1.165) is 5.37 Å². The summed E-state index contributed by atoms with van der Waals surface area (Å²) in [6.07, 6.45) is -6.35. The molecule has 2 nitrogen and oxygen atoms in total. The van der Waals surface area contributed by atoms with Gasteiger partial charge in [0.15, 0.2) is 12.8 Å². The molecule has 0 spiro atoms. The van der Waals surface area contributed by atoms with Gasteiger partial charge in [0.25, 0.3) is 0 Å². The van der Waals surface area contributed by atoms with Crippen molar-refractivity contribution in [3.8, 4) is 0 Å². The maximum atomic E-state index is 13.6. The molecule has 0 aromatic rings. The minimum Gasteiger partial charge on any atom is -0.484 e. The Labute approximate surface area is 111 Å². The molecule has 0 fully saturated rings. The Morgan fingerprint density at radius 1 is 1.56 bits per heavy atom. The highest BCUT2D eigenvalue weighted by Gasteiger charge is 2.35. The van der Waals surface area contributed by atoms with Crippen LogP contribution in [0.3, 0.4) is 0 Å². The maximum Gasteiger partial charge on any atom is 0.422 e. The van der Waals surface area contributed by atoms with Crippen LogP contribution >= 0.6 is 23.8 Å². The zero-order valence-electron chi connectivity index (χ0n) is 9.06. The Kier molecular flexibility index (Phi) is 5.10. The summed E-state index contributed by atoms with van der Waals surface area (Å²) in [4.78, 5) is 0. The van der Waals surface area contributed by atoms with Crippen molar-refractivity contribution in [2.24, 2.45) is 5.92 Å². The normalized spacial score (nSPS) is 24.9. The SMILES string of the molecule is N=C(C=S)C1CC(Cl)=C(OCC(F)(F)F)C(F)C1. The quantitative estimate of drug-likeness (QED) is 0.487. The fraction of sp³-hybridized carbons (Fsp3) is 0.600. The molecule has 0 aromatic carbocycles. The van der Waals surface area contributed by atoms with Gasteiger partial charge >= 0.3 is 6.18 Å². The van der Waals surface area contributed by atoms with Crippen molar-refractivity contribution in [1.82, 2.24) is 0 Å². The number of allylic oxidation sites excluding steroid dienone is 2. The Morgan fingerprint density at radius 2 is 2.17 bits per heavy atom. The first-order chi connectivity index (χ1) is 8.24. The Hall–Kier alpha value is -0.690. The molecule has 0 heterocycles. The highest BCUT2D eigenvalue weighted by Crippen LogP contribution is 2.35. The van der Waals surface area contributed by atoms with E-state index < -0.39 is 30.6 Å². The molecular formula is C10H10ClF4NOS. The minimum atomic E-state index is -4.54. The van der Waals surface area contributed by atoms with Gasteiger partial charge in [0.1, 0.15) is 5.76 Å². The van der Waals surface area contributed by atoms with E-state index in [1.54, 1.807) is 0 Å². The molecule has 102 valence electrons. The summed E-state index contributed by atoms with van der Waals surface area (Å²) < 4.78 is 53.9. The molecule has 8 heteroatoms. The lowest BCUT2D eigenvalue weighted by atomic mass is 9.88. The predicted molar refractivity (Wildman–Crippen MR) is 63.9 cm³/mol. The van der Waals surface area contributed by atoms with Gasteiger partial charge in [-0.2, -0.15) is 13.2 Å². The van der Waals surface area contributed by atoms with Gasteiger partial charge in [0.2, 0.25) is 0 Å². The van der Waals surface area contributed by atoms with Crippen molar-refractivity contribution in [1.29, 1.82) is 5.41 Å². The van der Waals surface area contributed by atoms with Gasteiger partial charge in [0.05, 0.1) is 5.03 Å². The number of alkyl halides is 4. The molecule has 0 saturated carbocycles. The zero-order chi connectivity index (χ0) is 13.9. The van der Waals surface area contributed by atoms with E-state index in [1.165, 1.54) is 0 Å². The Balaban J connectivity index is 2.74. The molecule has 0 aliphatic heterocycles. The summed E-state index contributed by atoms with van der Waals surface area (Å²) >= 11 is 10.3. The second-order valence-corrected chi connectivity index (χ2v) is 4.54. The molecule has 1 N–H and O–H groups in total. The summed E-state index contributed by atoms with van der Waals surface area (Å²) in [5.41, 5.74) is 0.0423. The smallest absolute Gasteiger partial charge is 0.422 e. The van der Waals surface area contributed by atoms with Crippen LogP contribution in [-0.2, 0) is 4.74 Å². The van der Waals surface area contributed by atoms with E-state index in [0.29, 0.717) is 0 Å². The van der Waals surface area contributed by atoms with Gasteiger partial charge < -0.3 is 10.1 Å². The van der Waals surface area contributed by atoms with Gasteiger partial charge in [0, 0.05) is 17.0 Å². The lowest BCUT2D eigenvalue weighted by Crippen LogP contribution is -2.28. The van der Waals surface area contributed by atoms with Gasteiger partial charge in [-0.25, -0.2) is 4.39 Å². The minimum absolute atomic E-state index is 0.0423. The van der Waals surface area contributed by atoms with Crippen molar-refractivity contribution in [2.45, 2.75) is 25.2 Å². The molecule has 0 saturated heterocycles. The number of halogens is 5. The number of hydrogen-bond donors (Lipinski definition) is 1. The summed E-state index contributed by atoms with van der Waals surface area (Å²) in [6, 6.07) is 0. The van der Waals surface area contributed by atoms with Gasteiger partial charge in [-0.15, -0.1) is 0 Å². The number of hydrogen-bond acceptors (Lipinski definition) is 3. The van der Waals surface area contributed by atoms with Crippen LogP contribution in [0.4, 0.5) is 17.6 Å². The fourth-order valence-electron chi connectivity index (χ4n) is 1.59. The van der Waals surface area contributed by atoms with Crippen molar-refractivity contribution >= 4 is 34.9 Å². The number of nitrogens with one attached hydrogen (secondary N) is 1. The van der Waals surface area contributed by atoms with Gasteiger partial charge in [-0.3, -0.25) is 0 Å². The van der Waals surface area contributed by atoms with Crippen molar-refractivity contribution in [3.05, 3.63) is 10.8 Å². The molecular weight excluding hydrogens is 294 g/mol. The van der Waals surface area contributed by atoms with Crippen LogP contribution in [-0.4, -0.2) is 30.0 Å². The number of rotatable bonds is 4. The number of ether oxygens (including phenoxy) is 1. The third-order valence-corrected chi connectivity index (χ3v) is 3.02. The predicted octanol–water partition coefficient (Wildman–Crippen LogP) is 3.78. The van der Waals surface area contributed by atoms with Crippen LogP contribution in [0, 0.1) is 11.3 Å². The molecule has 0 radical (unpaired) electrons. The fourth-order valence-corrected chi connectivity index (χ4v) is 2.14. The van der Waals surface area contributed by atoms with Crippen LogP contribution < -0.4 is 0 Å². The lowest BCUT2D eigenvalue weighted by Gasteiger charge is -2.27. The van der Waals surface area contributed by atoms with Crippen molar-refractivity contribution in [2.75, 3.05) is 6.61 Å². The summed E-state index contributed by atoms with van der Waals surface area (Å²) in [5.74, 6) is -0.995. The molecule has 1 rings (SSSR count). The lowest BCUT2D eigenvalue weighted by molar-refractivity contribution is -0.167. The molecule has 1 aliphatic carbocycles. The second kappa shape index (κ2) is 5.97. The van der Waals surface area contributed by atoms with Crippen LogP contribution in [0.15, 0.2) is 10.8 Å². The number of thiocarbonyl (C=S) groups is 1. The highest BCUT2D eigenvalue weighted by atomic mass is 35.5. The second-order valence-electron chi connectivity index (χ2n) is 3.85. The topological polar surface area (TPSA) is 33.1 Å². The first-order valence-corrected chi connectivity index (χ1v) is 5.85. The standard InChI is InChI=1S/C10H10ClF4NOS/c11-6-1-5(8(16)3-18)2-7(12)9(6)17-4-10(13,14)15/h3,5,7,16H,1-2,4H2. The molecule has 0 amide bonds. The third kappa shape index (κ3) is 4.20. The Bertz CT molecular complexity index is 383. The largest absolute Gasteiger partial charge is 0.484 e.